The lowest BCUT2D eigenvalue weighted by Crippen LogP contribution is -2.46. The first-order valence-electron chi connectivity index (χ1n) is 11.0. The molecule has 1 aromatic carbocycles. The summed E-state index contributed by atoms with van der Waals surface area (Å²) in [5, 5.41) is 7.88. The maximum Gasteiger partial charge on any atom is 0.237 e. The zero-order valence-electron chi connectivity index (χ0n) is 17.2. The van der Waals surface area contributed by atoms with E-state index in [0.717, 1.165) is 37.9 Å². The summed E-state index contributed by atoms with van der Waals surface area (Å²) in [6.45, 7) is 3.81. The number of amides is 1. The molecule has 0 radical (unpaired) electrons. The van der Waals surface area contributed by atoms with Gasteiger partial charge in [0.1, 0.15) is 0 Å². The fourth-order valence-corrected chi connectivity index (χ4v) is 4.03. The summed E-state index contributed by atoms with van der Waals surface area (Å²) in [5.41, 5.74) is 2.33. The van der Waals surface area contributed by atoms with E-state index in [-0.39, 0.29) is 11.9 Å². The molecule has 1 aromatic heterocycles. The zero-order valence-corrected chi connectivity index (χ0v) is 17.2. The number of para-hydroxylation sites is 1. The van der Waals surface area contributed by atoms with E-state index in [0.29, 0.717) is 12.3 Å². The summed E-state index contributed by atoms with van der Waals surface area (Å²) >= 11 is 0. The second-order valence-corrected chi connectivity index (χ2v) is 7.98. The molecular formula is C24H35N3O. The van der Waals surface area contributed by atoms with Crippen LogP contribution in [0.3, 0.4) is 0 Å². The second kappa shape index (κ2) is 11.1. The highest BCUT2D eigenvalue weighted by atomic mass is 16.2. The molecule has 1 amide bonds. The summed E-state index contributed by atoms with van der Waals surface area (Å²) in [4.78, 5) is 16.2. The molecule has 3 rings (SSSR count). The van der Waals surface area contributed by atoms with Crippen molar-refractivity contribution >= 4 is 16.8 Å². The lowest BCUT2D eigenvalue weighted by Gasteiger charge is -2.19. The summed E-state index contributed by atoms with van der Waals surface area (Å²) in [5.74, 6) is 0.738. The minimum Gasteiger partial charge on any atom is -0.361 e. The Morgan fingerprint density at radius 2 is 2.14 bits per heavy atom. The molecule has 0 spiro atoms. The third kappa shape index (κ3) is 5.96. The predicted octanol–water partition coefficient (Wildman–Crippen LogP) is 4.72. The SMILES string of the molecule is CCCCN[C@@H](Cc1c[nH]c2ccccc12)C(=O)NCC[C@@H]1C=CCCCC1. The minimum absolute atomic E-state index is 0.124. The van der Waals surface area contributed by atoms with Gasteiger partial charge in [-0.3, -0.25) is 4.79 Å². The molecule has 1 heterocycles. The highest BCUT2D eigenvalue weighted by Gasteiger charge is 2.20. The Bertz CT molecular complexity index is 764. The van der Waals surface area contributed by atoms with Gasteiger partial charge < -0.3 is 15.6 Å². The van der Waals surface area contributed by atoms with Gasteiger partial charge in [0.15, 0.2) is 0 Å². The summed E-state index contributed by atoms with van der Waals surface area (Å²) in [7, 11) is 0. The van der Waals surface area contributed by atoms with Crippen LogP contribution in [0.25, 0.3) is 10.9 Å². The zero-order chi connectivity index (χ0) is 19.6. The van der Waals surface area contributed by atoms with Crippen molar-refractivity contribution in [3.8, 4) is 0 Å². The quantitative estimate of drug-likeness (QED) is 0.412. The molecule has 152 valence electrons. The Kier molecular flexibility index (Phi) is 8.16. The van der Waals surface area contributed by atoms with Crippen molar-refractivity contribution in [1.29, 1.82) is 0 Å². The highest BCUT2D eigenvalue weighted by Crippen LogP contribution is 2.20. The number of H-pyrrole nitrogens is 1. The van der Waals surface area contributed by atoms with E-state index in [4.69, 9.17) is 0 Å². The molecule has 0 aliphatic heterocycles. The Labute approximate surface area is 169 Å². The standard InChI is InChI=1S/C24H35N3O/c1-2-3-15-25-23(17-20-18-27-22-13-9-8-12-21(20)22)24(28)26-16-14-19-10-6-4-5-7-11-19/h6,8-10,12-13,18-19,23,25,27H,2-5,7,11,14-17H2,1H3,(H,26,28)/t19-,23+/m1/s1. The summed E-state index contributed by atoms with van der Waals surface area (Å²) in [6, 6.07) is 8.11. The van der Waals surface area contributed by atoms with E-state index >= 15 is 0 Å². The van der Waals surface area contributed by atoms with Gasteiger partial charge in [-0.25, -0.2) is 0 Å². The van der Waals surface area contributed by atoms with Crippen LogP contribution in [-0.2, 0) is 11.2 Å². The minimum atomic E-state index is -0.185. The van der Waals surface area contributed by atoms with Crippen molar-refractivity contribution in [3.05, 3.63) is 48.2 Å². The van der Waals surface area contributed by atoms with Crippen molar-refractivity contribution in [3.63, 3.8) is 0 Å². The van der Waals surface area contributed by atoms with Crippen LogP contribution in [0.2, 0.25) is 0 Å². The molecule has 1 aliphatic carbocycles. The molecule has 4 heteroatoms. The molecule has 0 saturated carbocycles. The normalized spacial score (nSPS) is 18.1. The number of allylic oxidation sites excluding steroid dienone is 2. The predicted molar refractivity (Wildman–Crippen MR) is 117 cm³/mol. The lowest BCUT2D eigenvalue weighted by atomic mass is 10.00. The molecule has 0 fully saturated rings. The summed E-state index contributed by atoms with van der Waals surface area (Å²) in [6.07, 6.45) is 15.7. The van der Waals surface area contributed by atoms with E-state index in [1.807, 2.05) is 12.3 Å². The van der Waals surface area contributed by atoms with Crippen LogP contribution < -0.4 is 10.6 Å². The van der Waals surface area contributed by atoms with Crippen LogP contribution in [0.5, 0.6) is 0 Å². The van der Waals surface area contributed by atoms with E-state index < -0.39 is 0 Å². The lowest BCUT2D eigenvalue weighted by molar-refractivity contribution is -0.123. The maximum absolute atomic E-state index is 12.9. The number of aromatic amines is 1. The van der Waals surface area contributed by atoms with Gasteiger partial charge in [-0.2, -0.15) is 0 Å². The topological polar surface area (TPSA) is 56.9 Å². The Morgan fingerprint density at radius 1 is 1.25 bits per heavy atom. The fourth-order valence-electron chi connectivity index (χ4n) is 4.03. The van der Waals surface area contributed by atoms with E-state index in [1.54, 1.807) is 0 Å². The van der Waals surface area contributed by atoms with Gasteiger partial charge in [0.25, 0.3) is 0 Å². The van der Waals surface area contributed by atoms with Gasteiger partial charge in [-0.05, 0) is 62.6 Å². The van der Waals surface area contributed by atoms with Crippen molar-refractivity contribution in [1.82, 2.24) is 15.6 Å². The number of carbonyl (C=O) groups excluding carboxylic acids is 1. The second-order valence-electron chi connectivity index (χ2n) is 7.98. The molecule has 2 atom stereocenters. The molecule has 4 nitrogen and oxygen atoms in total. The number of hydrogen-bond acceptors (Lipinski definition) is 2. The molecule has 0 bridgehead atoms. The van der Waals surface area contributed by atoms with Crippen molar-refractivity contribution in [2.24, 2.45) is 5.92 Å². The van der Waals surface area contributed by atoms with Crippen LogP contribution in [0.1, 0.15) is 57.4 Å². The van der Waals surface area contributed by atoms with Crippen molar-refractivity contribution in [2.75, 3.05) is 13.1 Å². The molecule has 0 saturated heterocycles. The maximum atomic E-state index is 12.9. The van der Waals surface area contributed by atoms with Gasteiger partial charge in [0.05, 0.1) is 6.04 Å². The van der Waals surface area contributed by atoms with Crippen LogP contribution in [0.4, 0.5) is 0 Å². The average molecular weight is 382 g/mol. The monoisotopic (exact) mass is 381 g/mol. The van der Waals surface area contributed by atoms with E-state index in [2.05, 4.69) is 52.9 Å². The van der Waals surface area contributed by atoms with Crippen LogP contribution in [-0.4, -0.2) is 30.0 Å². The number of unbranched alkanes of at least 4 members (excludes halogenated alkanes) is 1. The molecular weight excluding hydrogens is 346 g/mol. The smallest absolute Gasteiger partial charge is 0.237 e. The van der Waals surface area contributed by atoms with Crippen molar-refractivity contribution < 1.29 is 4.79 Å². The molecule has 2 aromatic rings. The van der Waals surface area contributed by atoms with Crippen LogP contribution in [0.15, 0.2) is 42.6 Å². The van der Waals surface area contributed by atoms with Gasteiger partial charge in [0.2, 0.25) is 5.91 Å². The Hall–Kier alpha value is -2.07. The van der Waals surface area contributed by atoms with E-state index in [1.165, 1.54) is 36.6 Å². The number of hydrogen-bond donors (Lipinski definition) is 3. The Balaban J connectivity index is 1.57. The molecule has 0 unspecified atom stereocenters. The number of rotatable bonds is 10. The number of carbonyl (C=O) groups is 1. The number of benzene rings is 1. The van der Waals surface area contributed by atoms with Gasteiger partial charge >= 0.3 is 0 Å². The average Bonchev–Trinajstić information content (AvgIpc) is 2.93. The first-order chi connectivity index (χ1) is 13.8. The highest BCUT2D eigenvalue weighted by molar-refractivity contribution is 5.86. The van der Waals surface area contributed by atoms with Crippen LogP contribution >= 0.6 is 0 Å². The van der Waals surface area contributed by atoms with Gasteiger partial charge in [-0.15, -0.1) is 0 Å². The number of nitrogens with one attached hydrogen (secondary N) is 3. The summed E-state index contributed by atoms with van der Waals surface area (Å²) < 4.78 is 0. The van der Waals surface area contributed by atoms with Gasteiger partial charge in [-0.1, -0.05) is 50.1 Å². The molecule has 28 heavy (non-hydrogen) atoms. The van der Waals surface area contributed by atoms with E-state index in [9.17, 15) is 4.79 Å². The third-order valence-electron chi connectivity index (χ3n) is 5.75. The molecule has 3 N–H and O–H groups in total. The van der Waals surface area contributed by atoms with Crippen molar-refractivity contribution in [2.45, 2.75) is 64.3 Å². The first kappa shape index (κ1) is 20.7. The number of aromatic nitrogens is 1. The van der Waals surface area contributed by atoms with Gasteiger partial charge in [0, 0.05) is 23.6 Å². The fraction of sp³-hybridized carbons (Fsp3) is 0.542. The largest absolute Gasteiger partial charge is 0.361 e. The Morgan fingerprint density at radius 3 is 3.04 bits per heavy atom. The van der Waals surface area contributed by atoms with Crippen LogP contribution in [0, 0.1) is 5.92 Å². The third-order valence-corrected chi connectivity index (χ3v) is 5.75. The molecule has 1 aliphatic rings. The first-order valence-corrected chi connectivity index (χ1v) is 11.0. The number of fused-ring (bicyclic) bond motifs is 1.